The van der Waals surface area contributed by atoms with Crippen LogP contribution in [-0.2, 0) is 12.6 Å². The predicted molar refractivity (Wildman–Crippen MR) is 101 cm³/mol. The van der Waals surface area contributed by atoms with Gasteiger partial charge in [-0.05, 0) is 42.3 Å². The van der Waals surface area contributed by atoms with Crippen molar-refractivity contribution in [3.8, 4) is 0 Å². The molecule has 3 aromatic rings. The lowest BCUT2D eigenvalue weighted by Gasteiger charge is -2.13. The molecule has 0 saturated heterocycles. The monoisotopic (exact) mass is 386 g/mol. The summed E-state index contributed by atoms with van der Waals surface area (Å²) in [6.07, 6.45) is -2.31. The van der Waals surface area contributed by atoms with Crippen LogP contribution in [0, 0.1) is 0 Å². The Morgan fingerprint density at radius 1 is 1.04 bits per heavy atom. The lowest BCUT2D eigenvalue weighted by atomic mass is 10.1. The number of benzene rings is 2. The molecule has 0 aliphatic carbocycles. The summed E-state index contributed by atoms with van der Waals surface area (Å²) >= 11 is 0. The van der Waals surface area contributed by atoms with Gasteiger partial charge in [0.05, 0.1) is 11.3 Å². The van der Waals surface area contributed by atoms with E-state index >= 15 is 0 Å². The van der Waals surface area contributed by atoms with Gasteiger partial charge >= 0.3 is 6.18 Å². The molecule has 8 heteroatoms. The predicted octanol–water partition coefficient (Wildman–Crippen LogP) is 5.05. The van der Waals surface area contributed by atoms with E-state index in [2.05, 4.69) is 20.6 Å². The molecule has 0 aliphatic heterocycles. The Labute approximate surface area is 159 Å². The number of carbonyl (C=O) groups is 1. The maximum Gasteiger partial charge on any atom is 0.418 e. The summed E-state index contributed by atoms with van der Waals surface area (Å²) in [5, 5.41) is 5.23. The number of para-hydroxylation sites is 1. The van der Waals surface area contributed by atoms with Gasteiger partial charge in [-0.25, -0.2) is 9.97 Å². The zero-order chi connectivity index (χ0) is 20.1. The first-order chi connectivity index (χ1) is 13.4. The number of aryl methyl sites for hydroxylation is 1. The van der Waals surface area contributed by atoms with Gasteiger partial charge in [-0.3, -0.25) is 4.79 Å². The third kappa shape index (κ3) is 4.64. The average Bonchev–Trinajstić information content (AvgIpc) is 2.68. The van der Waals surface area contributed by atoms with Crippen LogP contribution in [0.5, 0.6) is 0 Å². The van der Waals surface area contributed by atoms with Crippen molar-refractivity contribution in [2.45, 2.75) is 19.5 Å². The Bertz CT molecular complexity index is 972. The molecule has 0 bridgehead atoms. The standard InChI is InChI=1S/C20H17F3N4O/c1-2-13-7-9-14(10-8-13)25-19-24-12-11-17(27-19)18(28)26-16-6-4-3-5-15(16)20(21,22)23/h3-12H,2H2,1H3,(H,26,28)(H,24,25,27). The number of hydrogen-bond donors (Lipinski definition) is 2. The van der Waals surface area contributed by atoms with Crippen LogP contribution in [0.3, 0.4) is 0 Å². The summed E-state index contributed by atoms with van der Waals surface area (Å²) in [4.78, 5) is 20.5. The number of halogens is 3. The minimum absolute atomic E-state index is 0.0559. The Kier molecular flexibility index (Phi) is 5.58. The number of hydrogen-bond acceptors (Lipinski definition) is 4. The summed E-state index contributed by atoms with van der Waals surface area (Å²) in [5.74, 6) is -0.593. The minimum Gasteiger partial charge on any atom is -0.324 e. The molecule has 144 valence electrons. The van der Waals surface area contributed by atoms with Gasteiger partial charge < -0.3 is 10.6 Å². The Morgan fingerprint density at radius 2 is 1.75 bits per heavy atom. The van der Waals surface area contributed by atoms with E-state index in [1.54, 1.807) is 0 Å². The third-order valence-corrected chi connectivity index (χ3v) is 3.99. The van der Waals surface area contributed by atoms with Gasteiger partial charge in [-0.2, -0.15) is 13.2 Å². The highest BCUT2D eigenvalue weighted by molar-refractivity contribution is 6.03. The van der Waals surface area contributed by atoms with Gasteiger partial charge in [0, 0.05) is 11.9 Å². The Hall–Kier alpha value is -3.42. The summed E-state index contributed by atoms with van der Waals surface area (Å²) in [6, 6.07) is 13.7. The molecule has 0 unspecified atom stereocenters. The van der Waals surface area contributed by atoms with E-state index < -0.39 is 17.6 Å². The van der Waals surface area contributed by atoms with Crippen LogP contribution in [0.25, 0.3) is 0 Å². The molecule has 1 amide bonds. The second kappa shape index (κ2) is 8.08. The van der Waals surface area contributed by atoms with Gasteiger partial charge in [0.1, 0.15) is 5.69 Å². The van der Waals surface area contributed by atoms with Crippen LogP contribution in [0.4, 0.5) is 30.5 Å². The van der Waals surface area contributed by atoms with Gasteiger partial charge in [-0.15, -0.1) is 0 Å². The van der Waals surface area contributed by atoms with Crippen molar-refractivity contribution in [1.29, 1.82) is 0 Å². The van der Waals surface area contributed by atoms with Crippen LogP contribution in [-0.4, -0.2) is 15.9 Å². The molecule has 1 heterocycles. The summed E-state index contributed by atoms with van der Waals surface area (Å²) < 4.78 is 39.2. The lowest BCUT2D eigenvalue weighted by molar-refractivity contribution is -0.136. The molecule has 0 fully saturated rings. The zero-order valence-corrected chi connectivity index (χ0v) is 14.9. The number of aromatic nitrogens is 2. The molecule has 0 saturated carbocycles. The van der Waals surface area contributed by atoms with Gasteiger partial charge in [0.15, 0.2) is 0 Å². The number of nitrogens with one attached hydrogen (secondary N) is 2. The SMILES string of the molecule is CCc1ccc(Nc2nccc(C(=O)Nc3ccccc3C(F)(F)F)n2)cc1. The topological polar surface area (TPSA) is 66.9 Å². The number of anilines is 3. The molecular weight excluding hydrogens is 369 g/mol. The van der Waals surface area contributed by atoms with Gasteiger partial charge in [0.25, 0.3) is 5.91 Å². The second-order valence-electron chi connectivity index (χ2n) is 5.94. The Balaban J connectivity index is 1.77. The average molecular weight is 386 g/mol. The number of alkyl halides is 3. The van der Waals surface area contributed by atoms with E-state index in [1.807, 2.05) is 31.2 Å². The zero-order valence-electron chi connectivity index (χ0n) is 14.9. The Morgan fingerprint density at radius 3 is 2.43 bits per heavy atom. The molecule has 0 atom stereocenters. The first-order valence-corrected chi connectivity index (χ1v) is 8.53. The van der Waals surface area contributed by atoms with E-state index in [9.17, 15) is 18.0 Å². The van der Waals surface area contributed by atoms with Crippen LogP contribution in [0.15, 0.2) is 60.8 Å². The van der Waals surface area contributed by atoms with Gasteiger partial charge in [-0.1, -0.05) is 31.2 Å². The number of rotatable bonds is 5. The van der Waals surface area contributed by atoms with E-state index in [-0.39, 0.29) is 17.3 Å². The molecule has 2 N–H and O–H groups in total. The smallest absolute Gasteiger partial charge is 0.324 e. The van der Waals surface area contributed by atoms with E-state index in [4.69, 9.17) is 0 Å². The molecular formula is C20H17F3N4O. The first-order valence-electron chi connectivity index (χ1n) is 8.53. The molecule has 28 heavy (non-hydrogen) atoms. The maximum absolute atomic E-state index is 13.1. The van der Waals surface area contributed by atoms with Crippen molar-refractivity contribution < 1.29 is 18.0 Å². The van der Waals surface area contributed by atoms with Crippen molar-refractivity contribution in [3.05, 3.63) is 77.6 Å². The minimum atomic E-state index is -4.58. The maximum atomic E-state index is 13.1. The van der Waals surface area contributed by atoms with Crippen molar-refractivity contribution >= 4 is 23.2 Å². The fourth-order valence-electron chi connectivity index (χ4n) is 2.52. The second-order valence-corrected chi connectivity index (χ2v) is 5.94. The normalized spacial score (nSPS) is 11.1. The fourth-order valence-corrected chi connectivity index (χ4v) is 2.52. The van der Waals surface area contributed by atoms with Gasteiger partial charge in [0.2, 0.25) is 5.95 Å². The summed E-state index contributed by atoms with van der Waals surface area (Å²) in [5.41, 5.74) is 0.592. The van der Waals surface area contributed by atoms with Crippen molar-refractivity contribution in [3.63, 3.8) is 0 Å². The third-order valence-electron chi connectivity index (χ3n) is 3.99. The van der Waals surface area contributed by atoms with E-state index in [1.165, 1.54) is 36.0 Å². The summed E-state index contributed by atoms with van der Waals surface area (Å²) in [6.45, 7) is 2.05. The molecule has 0 spiro atoms. The molecule has 0 aliphatic rings. The molecule has 3 rings (SSSR count). The number of carbonyl (C=O) groups excluding carboxylic acids is 1. The van der Waals surface area contributed by atoms with E-state index in [0.29, 0.717) is 0 Å². The van der Waals surface area contributed by atoms with Crippen LogP contribution in [0.1, 0.15) is 28.5 Å². The molecule has 0 radical (unpaired) electrons. The van der Waals surface area contributed by atoms with E-state index in [0.717, 1.165) is 18.2 Å². The highest BCUT2D eigenvalue weighted by Gasteiger charge is 2.33. The van der Waals surface area contributed by atoms with Crippen LogP contribution < -0.4 is 10.6 Å². The van der Waals surface area contributed by atoms with Crippen LogP contribution >= 0.6 is 0 Å². The van der Waals surface area contributed by atoms with Crippen molar-refractivity contribution in [1.82, 2.24) is 9.97 Å². The molecule has 5 nitrogen and oxygen atoms in total. The quantitative estimate of drug-likeness (QED) is 0.644. The summed E-state index contributed by atoms with van der Waals surface area (Å²) in [7, 11) is 0. The first kappa shape index (κ1) is 19.3. The van der Waals surface area contributed by atoms with Crippen molar-refractivity contribution in [2.75, 3.05) is 10.6 Å². The number of amides is 1. The fraction of sp³-hybridized carbons (Fsp3) is 0.150. The number of nitrogens with zero attached hydrogens (tertiary/aromatic N) is 2. The lowest BCUT2D eigenvalue weighted by Crippen LogP contribution is -2.18. The molecule has 2 aromatic carbocycles. The largest absolute Gasteiger partial charge is 0.418 e. The molecule has 1 aromatic heterocycles. The van der Waals surface area contributed by atoms with Crippen molar-refractivity contribution in [2.24, 2.45) is 0 Å². The highest BCUT2D eigenvalue weighted by Crippen LogP contribution is 2.34. The highest BCUT2D eigenvalue weighted by atomic mass is 19.4. The van der Waals surface area contributed by atoms with Crippen LogP contribution in [0.2, 0.25) is 0 Å².